The number of rotatable bonds is 13. The highest BCUT2D eigenvalue weighted by atomic mass is 16.4. The van der Waals surface area contributed by atoms with Gasteiger partial charge in [-0.25, -0.2) is 0 Å². The molecule has 5 nitrogen and oxygen atoms in total. The van der Waals surface area contributed by atoms with Gasteiger partial charge in [0.2, 0.25) is 5.91 Å². The smallest absolute Gasteiger partial charge is 0.303 e. The first-order valence-corrected chi connectivity index (χ1v) is 11.6. The Balaban J connectivity index is 1.82. The standard InChI is InChI=1S/C25H39NO4/c1-19(9-6-7-14-25(29)30)18-26-23(12-8-13-24(26)28)20(2)17-22(27)16-15-21-10-4-3-5-11-21/h3-5,10-11,19-20,22-23,27H,6-9,12-18H2,1-2H3,(H,29,30)/t19-,20-,22?,23+/m0/s1. The fraction of sp³-hybridized carbons (Fsp3) is 0.680. The summed E-state index contributed by atoms with van der Waals surface area (Å²) in [6, 6.07) is 10.4. The van der Waals surface area contributed by atoms with Crippen molar-refractivity contribution in [3.63, 3.8) is 0 Å². The molecule has 0 saturated carbocycles. The van der Waals surface area contributed by atoms with Crippen molar-refractivity contribution in [2.45, 2.75) is 90.2 Å². The third kappa shape index (κ3) is 8.47. The van der Waals surface area contributed by atoms with Crippen LogP contribution in [0.25, 0.3) is 0 Å². The Morgan fingerprint density at radius 3 is 2.60 bits per heavy atom. The van der Waals surface area contributed by atoms with E-state index in [2.05, 4.69) is 30.9 Å². The minimum atomic E-state index is -0.742. The minimum absolute atomic E-state index is 0.194. The molecule has 1 amide bonds. The monoisotopic (exact) mass is 417 g/mol. The molecule has 1 unspecified atom stereocenters. The molecule has 0 aromatic heterocycles. The van der Waals surface area contributed by atoms with Crippen LogP contribution < -0.4 is 0 Å². The van der Waals surface area contributed by atoms with Crippen molar-refractivity contribution in [2.75, 3.05) is 6.54 Å². The molecule has 1 heterocycles. The molecule has 2 N–H and O–H groups in total. The zero-order chi connectivity index (χ0) is 21.9. The molecular formula is C25H39NO4. The van der Waals surface area contributed by atoms with Gasteiger partial charge in [-0.3, -0.25) is 9.59 Å². The highest BCUT2D eigenvalue weighted by molar-refractivity contribution is 5.77. The molecule has 1 aliphatic heterocycles. The van der Waals surface area contributed by atoms with Gasteiger partial charge in [-0.2, -0.15) is 0 Å². The number of benzene rings is 1. The Bertz CT molecular complexity index is 648. The summed E-state index contributed by atoms with van der Waals surface area (Å²) in [6.07, 6.45) is 7.27. The average Bonchev–Trinajstić information content (AvgIpc) is 2.71. The molecule has 1 fully saturated rings. The van der Waals surface area contributed by atoms with Gasteiger partial charge in [-0.15, -0.1) is 0 Å². The summed E-state index contributed by atoms with van der Waals surface area (Å²) < 4.78 is 0. The van der Waals surface area contributed by atoms with E-state index in [0.29, 0.717) is 25.2 Å². The number of hydrogen-bond donors (Lipinski definition) is 2. The quantitative estimate of drug-likeness (QED) is 0.457. The molecule has 0 aliphatic carbocycles. The number of likely N-dealkylation sites (tertiary alicyclic amines) is 1. The number of amides is 1. The Morgan fingerprint density at radius 2 is 1.90 bits per heavy atom. The number of carbonyl (C=O) groups is 2. The van der Waals surface area contributed by atoms with E-state index in [9.17, 15) is 14.7 Å². The molecule has 1 aromatic rings. The van der Waals surface area contributed by atoms with Crippen molar-refractivity contribution in [2.24, 2.45) is 11.8 Å². The number of carbonyl (C=O) groups excluding carboxylic acids is 1. The van der Waals surface area contributed by atoms with E-state index in [1.807, 2.05) is 18.2 Å². The molecule has 0 radical (unpaired) electrons. The molecule has 0 bridgehead atoms. The van der Waals surface area contributed by atoms with E-state index in [1.165, 1.54) is 5.56 Å². The predicted molar refractivity (Wildman–Crippen MR) is 119 cm³/mol. The topological polar surface area (TPSA) is 77.8 Å². The second-order valence-corrected chi connectivity index (χ2v) is 9.14. The van der Waals surface area contributed by atoms with E-state index < -0.39 is 5.97 Å². The van der Waals surface area contributed by atoms with Gasteiger partial charge in [0.15, 0.2) is 0 Å². The first kappa shape index (κ1) is 24.4. The van der Waals surface area contributed by atoms with Crippen LogP contribution in [0, 0.1) is 11.8 Å². The first-order chi connectivity index (χ1) is 14.4. The number of aliphatic carboxylic acids is 1. The zero-order valence-electron chi connectivity index (χ0n) is 18.6. The van der Waals surface area contributed by atoms with Crippen LogP contribution in [-0.4, -0.2) is 45.7 Å². The van der Waals surface area contributed by atoms with Crippen LogP contribution in [0.1, 0.15) is 77.2 Å². The number of carboxylic acids is 1. The van der Waals surface area contributed by atoms with Gasteiger partial charge in [-0.05, 0) is 62.3 Å². The lowest BCUT2D eigenvalue weighted by atomic mass is 9.85. The summed E-state index contributed by atoms with van der Waals surface area (Å²) in [6.45, 7) is 5.06. The SMILES string of the molecule is C[C@@H](CCCCC(=O)O)CN1C(=O)CCC[C@@H]1[C@@H](C)CC(O)CCc1ccccc1. The van der Waals surface area contributed by atoms with Gasteiger partial charge in [0.1, 0.15) is 0 Å². The number of nitrogens with zero attached hydrogens (tertiary/aromatic N) is 1. The van der Waals surface area contributed by atoms with Crippen molar-refractivity contribution in [1.29, 1.82) is 0 Å². The summed E-state index contributed by atoms with van der Waals surface area (Å²) in [5, 5.41) is 19.4. The number of aryl methyl sites for hydroxylation is 1. The lowest BCUT2D eigenvalue weighted by Crippen LogP contribution is -2.49. The fourth-order valence-corrected chi connectivity index (χ4v) is 4.65. The van der Waals surface area contributed by atoms with Crippen LogP contribution in [0.5, 0.6) is 0 Å². The molecule has 5 heteroatoms. The Hall–Kier alpha value is -1.88. The summed E-state index contributed by atoms with van der Waals surface area (Å²) in [5.74, 6) is 0.112. The normalized spacial score (nSPS) is 20.0. The van der Waals surface area contributed by atoms with Crippen LogP contribution in [0.4, 0.5) is 0 Å². The van der Waals surface area contributed by atoms with E-state index in [-0.39, 0.29) is 30.4 Å². The maximum absolute atomic E-state index is 12.6. The molecule has 30 heavy (non-hydrogen) atoms. The fourth-order valence-electron chi connectivity index (χ4n) is 4.65. The van der Waals surface area contributed by atoms with E-state index in [1.54, 1.807) is 0 Å². The predicted octanol–water partition coefficient (Wildman–Crippen LogP) is 4.67. The lowest BCUT2D eigenvalue weighted by molar-refractivity contribution is -0.139. The first-order valence-electron chi connectivity index (χ1n) is 11.6. The Morgan fingerprint density at radius 1 is 1.17 bits per heavy atom. The van der Waals surface area contributed by atoms with E-state index >= 15 is 0 Å². The van der Waals surface area contributed by atoms with Crippen LogP contribution in [0.15, 0.2) is 30.3 Å². The number of aliphatic hydroxyl groups is 1. The van der Waals surface area contributed by atoms with Gasteiger partial charge >= 0.3 is 5.97 Å². The van der Waals surface area contributed by atoms with Crippen molar-refractivity contribution < 1.29 is 19.8 Å². The van der Waals surface area contributed by atoms with Gasteiger partial charge in [0.25, 0.3) is 0 Å². The van der Waals surface area contributed by atoms with Crippen LogP contribution >= 0.6 is 0 Å². The highest BCUT2D eigenvalue weighted by Crippen LogP contribution is 2.29. The number of hydrogen-bond acceptors (Lipinski definition) is 3. The summed E-state index contributed by atoms with van der Waals surface area (Å²) in [4.78, 5) is 25.4. The van der Waals surface area contributed by atoms with Crippen LogP contribution in [-0.2, 0) is 16.0 Å². The summed E-state index contributed by atoms with van der Waals surface area (Å²) in [5.41, 5.74) is 1.25. The number of piperidine rings is 1. The minimum Gasteiger partial charge on any atom is -0.481 e. The zero-order valence-corrected chi connectivity index (χ0v) is 18.6. The molecule has 4 atom stereocenters. The highest BCUT2D eigenvalue weighted by Gasteiger charge is 2.33. The van der Waals surface area contributed by atoms with Crippen molar-refractivity contribution >= 4 is 11.9 Å². The van der Waals surface area contributed by atoms with E-state index in [4.69, 9.17) is 5.11 Å². The maximum Gasteiger partial charge on any atom is 0.303 e. The summed E-state index contributed by atoms with van der Waals surface area (Å²) in [7, 11) is 0. The van der Waals surface area contributed by atoms with Crippen LogP contribution in [0.2, 0.25) is 0 Å². The summed E-state index contributed by atoms with van der Waals surface area (Å²) >= 11 is 0. The second-order valence-electron chi connectivity index (χ2n) is 9.14. The van der Waals surface area contributed by atoms with Crippen molar-refractivity contribution in [1.82, 2.24) is 4.90 Å². The largest absolute Gasteiger partial charge is 0.481 e. The van der Waals surface area contributed by atoms with Gasteiger partial charge < -0.3 is 15.1 Å². The second kappa shape index (κ2) is 12.7. The Labute approximate surface area is 181 Å². The molecule has 1 saturated heterocycles. The van der Waals surface area contributed by atoms with Crippen LogP contribution in [0.3, 0.4) is 0 Å². The number of unbranched alkanes of at least 4 members (excludes halogenated alkanes) is 1. The maximum atomic E-state index is 12.6. The van der Waals surface area contributed by atoms with Gasteiger partial charge in [0, 0.05) is 25.4 Å². The Kier molecular flexibility index (Phi) is 10.4. The number of carboxylic acid groups (broad SMARTS) is 1. The van der Waals surface area contributed by atoms with Crippen molar-refractivity contribution in [3.8, 4) is 0 Å². The molecule has 0 spiro atoms. The molecule has 1 aromatic carbocycles. The molecule has 2 rings (SSSR count). The van der Waals surface area contributed by atoms with Gasteiger partial charge in [-0.1, -0.05) is 50.6 Å². The molecule has 1 aliphatic rings. The number of aliphatic hydroxyl groups excluding tert-OH is 1. The van der Waals surface area contributed by atoms with Gasteiger partial charge in [0.05, 0.1) is 6.10 Å². The van der Waals surface area contributed by atoms with Crippen molar-refractivity contribution in [3.05, 3.63) is 35.9 Å². The molecular weight excluding hydrogens is 378 g/mol. The third-order valence-corrected chi connectivity index (χ3v) is 6.37. The molecule has 168 valence electrons. The third-order valence-electron chi connectivity index (χ3n) is 6.37. The lowest BCUT2D eigenvalue weighted by Gasteiger charge is -2.41. The average molecular weight is 418 g/mol. The van der Waals surface area contributed by atoms with E-state index in [0.717, 1.165) is 45.1 Å².